The lowest BCUT2D eigenvalue weighted by atomic mass is 10.2. The molecule has 0 saturated heterocycles. The monoisotopic (exact) mass is 288 g/mol. The Kier molecular flexibility index (Phi) is 7.61. The van der Waals surface area contributed by atoms with Crippen molar-refractivity contribution in [3.8, 4) is 5.75 Å². The molecule has 1 aromatic carbocycles. The van der Waals surface area contributed by atoms with Crippen molar-refractivity contribution in [1.29, 1.82) is 0 Å². The van der Waals surface area contributed by atoms with E-state index in [9.17, 15) is 4.79 Å². The van der Waals surface area contributed by atoms with Crippen molar-refractivity contribution in [2.24, 2.45) is 0 Å². The Bertz CT molecular complexity index is 488. The van der Waals surface area contributed by atoms with E-state index in [1.807, 2.05) is 0 Å². The number of benzene rings is 1. The van der Waals surface area contributed by atoms with Crippen LogP contribution in [-0.4, -0.2) is 25.8 Å². The molecule has 1 aromatic rings. The van der Waals surface area contributed by atoms with Gasteiger partial charge in [-0.3, -0.25) is 0 Å². The van der Waals surface area contributed by atoms with Gasteiger partial charge in [-0.15, -0.1) is 6.58 Å². The summed E-state index contributed by atoms with van der Waals surface area (Å²) in [7, 11) is 0. The van der Waals surface area contributed by atoms with Crippen LogP contribution in [0.15, 0.2) is 61.9 Å². The molecule has 4 nitrogen and oxygen atoms in total. The fourth-order valence-electron chi connectivity index (χ4n) is 1.42. The van der Waals surface area contributed by atoms with Crippen LogP contribution in [0.4, 0.5) is 0 Å². The molecule has 0 aliphatic rings. The van der Waals surface area contributed by atoms with Gasteiger partial charge in [-0.05, 0) is 30.3 Å². The third kappa shape index (κ3) is 6.58. The quantitative estimate of drug-likeness (QED) is 0.217. The average Bonchev–Trinajstić information content (AvgIpc) is 2.51. The van der Waals surface area contributed by atoms with Gasteiger partial charge in [0.15, 0.2) is 0 Å². The maximum absolute atomic E-state index is 11.7. The van der Waals surface area contributed by atoms with Gasteiger partial charge in [-0.2, -0.15) is 0 Å². The molecular formula is C17H20O4. The lowest BCUT2D eigenvalue weighted by molar-refractivity contribution is 0.0638. The highest BCUT2D eigenvalue weighted by atomic mass is 16.5. The number of esters is 1. The normalized spacial score (nSPS) is 9.71. The van der Waals surface area contributed by atoms with E-state index in [-0.39, 0.29) is 5.76 Å². The highest BCUT2D eigenvalue weighted by molar-refractivity contribution is 5.90. The smallest absolute Gasteiger partial charge is 0.343 e. The van der Waals surface area contributed by atoms with Crippen LogP contribution >= 0.6 is 0 Å². The van der Waals surface area contributed by atoms with Crippen molar-refractivity contribution in [3.05, 3.63) is 67.5 Å². The zero-order chi connectivity index (χ0) is 15.5. The first-order valence-corrected chi connectivity index (χ1v) is 6.62. The number of carbonyl (C=O) groups excluding carboxylic acids is 1. The molecule has 0 heterocycles. The summed E-state index contributed by atoms with van der Waals surface area (Å²) in [5.74, 6) is 0.446. The van der Waals surface area contributed by atoms with Gasteiger partial charge in [0.1, 0.15) is 11.5 Å². The van der Waals surface area contributed by atoms with E-state index in [1.54, 1.807) is 30.3 Å². The van der Waals surface area contributed by atoms with Crippen LogP contribution in [0.25, 0.3) is 0 Å². The fraction of sp³-hybridized carbons (Fsp3) is 0.235. The van der Waals surface area contributed by atoms with Crippen LogP contribution < -0.4 is 4.74 Å². The molecular weight excluding hydrogens is 268 g/mol. The molecule has 0 radical (unpaired) electrons. The van der Waals surface area contributed by atoms with Gasteiger partial charge in [0.05, 0.1) is 25.4 Å². The Balaban J connectivity index is 2.36. The second-order valence-corrected chi connectivity index (χ2v) is 4.15. The van der Waals surface area contributed by atoms with Crippen LogP contribution in [0, 0.1) is 0 Å². The zero-order valence-corrected chi connectivity index (χ0v) is 12.0. The first-order valence-electron chi connectivity index (χ1n) is 6.62. The van der Waals surface area contributed by atoms with Crippen LogP contribution in [0.2, 0.25) is 0 Å². The largest absolute Gasteiger partial charge is 0.494 e. The maximum Gasteiger partial charge on any atom is 0.343 e. The summed E-state index contributed by atoms with van der Waals surface area (Å²) in [6.45, 7) is 12.3. The standard InChI is InChI=1S/C17H20O4/c1-4-11-19-12-6-13-20-16-9-7-15(8-10-16)17(18)21-14(3)5-2/h4-5,7-10H,1-3,6,11-13H2. The van der Waals surface area contributed by atoms with Crippen LogP contribution in [0.3, 0.4) is 0 Å². The molecule has 0 atom stereocenters. The van der Waals surface area contributed by atoms with Crippen molar-refractivity contribution in [3.63, 3.8) is 0 Å². The van der Waals surface area contributed by atoms with E-state index in [2.05, 4.69) is 19.7 Å². The third-order valence-corrected chi connectivity index (χ3v) is 2.48. The summed E-state index contributed by atoms with van der Waals surface area (Å²) in [6.07, 6.45) is 3.88. The highest BCUT2D eigenvalue weighted by Crippen LogP contribution is 2.14. The lowest BCUT2D eigenvalue weighted by Crippen LogP contribution is -2.05. The molecule has 1 rings (SSSR count). The first-order chi connectivity index (χ1) is 10.2. The van der Waals surface area contributed by atoms with Crippen molar-refractivity contribution in [1.82, 2.24) is 0 Å². The van der Waals surface area contributed by atoms with Crippen molar-refractivity contribution in [2.45, 2.75) is 6.42 Å². The molecule has 0 spiro atoms. The topological polar surface area (TPSA) is 44.8 Å². The summed E-state index contributed by atoms with van der Waals surface area (Å²) in [6, 6.07) is 6.72. The fourth-order valence-corrected chi connectivity index (χ4v) is 1.42. The van der Waals surface area contributed by atoms with Crippen molar-refractivity contribution in [2.75, 3.05) is 19.8 Å². The summed E-state index contributed by atoms with van der Waals surface area (Å²) < 4.78 is 15.7. The number of allylic oxidation sites excluding steroid dienone is 1. The van der Waals surface area contributed by atoms with Crippen molar-refractivity contribution < 1.29 is 19.0 Å². The average molecular weight is 288 g/mol. The van der Waals surface area contributed by atoms with E-state index in [0.29, 0.717) is 31.1 Å². The van der Waals surface area contributed by atoms with E-state index >= 15 is 0 Å². The maximum atomic E-state index is 11.7. The first kappa shape index (κ1) is 16.7. The molecule has 21 heavy (non-hydrogen) atoms. The summed E-state index contributed by atoms with van der Waals surface area (Å²) in [5.41, 5.74) is 0.430. The second-order valence-electron chi connectivity index (χ2n) is 4.15. The molecule has 0 amide bonds. The number of carbonyl (C=O) groups is 1. The lowest BCUT2D eigenvalue weighted by Gasteiger charge is -2.07. The minimum absolute atomic E-state index is 0.222. The second kappa shape index (κ2) is 9.55. The summed E-state index contributed by atoms with van der Waals surface area (Å²) in [5, 5.41) is 0. The van der Waals surface area contributed by atoms with E-state index in [4.69, 9.17) is 14.2 Å². The molecule has 0 fully saturated rings. The van der Waals surface area contributed by atoms with Crippen LogP contribution in [-0.2, 0) is 9.47 Å². The van der Waals surface area contributed by atoms with Gasteiger partial charge < -0.3 is 14.2 Å². The summed E-state index contributed by atoms with van der Waals surface area (Å²) in [4.78, 5) is 11.7. The zero-order valence-electron chi connectivity index (χ0n) is 12.0. The Labute approximate surface area is 125 Å². The predicted molar refractivity (Wildman–Crippen MR) is 82.3 cm³/mol. The van der Waals surface area contributed by atoms with Gasteiger partial charge in [0.25, 0.3) is 0 Å². The van der Waals surface area contributed by atoms with Crippen molar-refractivity contribution >= 4 is 5.97 Å². The van der Waals surface area contributed by atoms with Gasteiger partial charge in [0, 0.05) is 6.42 Å². The Morgan fingerprint density at radius 1 is 1.14 bits per heavy atom. The molecule has 0 bridgehead atoms. The molecule has 0 aliphatic heterocycles. The van der Waals surface area contributed by atoms with Crippen LogP contribution in [0.5, 0.6) is 5.75 Å². The summed E-state index contributed by atoms with van der Waals surface area (Å²) >= 11 is 0. The SMILES string of the molecule is C=CCOCCCOc1ccc(C(=O)OC(=C)C=C)cc1. The Hall–Kier alpha value is -2.33. The molecule has 4 heteroatoms. The molecule has 112 valence electrons. The third-order valence-electron chi connectivity index (χ3n) is 2.48. The molecule has 0 saturated carbocycles. The van der Waals surface area contributed by atoms with Gasteiger partial charge in [-0.25, -0.2) is 4.79 Å². The number of hydrogen-bond donors (Lipinski definition) is 0. The molecule has 0 N–H and O–H groups in total. The van der Waals surface area contributed by atoms with Gasteiger partial charge in [-0.1, -0.05) is 19.2 Å². The molecule has 0 unspecified atom stereocenters. The van der Waals surface area contributed by atoms with E-state index in [1.165, 1.54) is 6.08 Å². The minimum atomic E-state index is -0.468. The highest BCUT2D eigenvalue weighted by Gasteiger charge is 2.07. The minimum Gasteiger partial charge on any atom is -0.494 e. The van der Waals surface area contributed by atoms with Gasteiger partial charge in [0.2, 0.25) is 0 Å². The van der Waals surface area contributed by atoms with Gasteiger partial charge >= 0.3 is 5.97 Å². The number of ether oxygens (including phenoxy) is 3. The number of hydrogen-bond acceptors (Lipinski definition) is 4. The number of rotatable bonds is 10. The molecule has 0 aliphatic carbocycles. The van der Waals surface area contributed by atoms with E-state index in [0.717, 1.165) is 6.42 Å². The Morgan fingerprint density at radius 2 is 1.86 bits per heavy atom. The van der Waals surface area contributed by atoms with E-state index < -0.39 is 5.97 Å². The Morgan fingerprint density at radius 3 is 2.48 bits per heavy atom. The predicted octanol–water partition coefficient (Wildman–Crippen LogP) is 3.51. The molecule has 0 aromatic heterocycles. The van der Waals surface area contributed by atoms with Crippen LogP contribution in [0.1, 0.15) is 16.8 Å².